The molecule has 6 heteroatoms. The van der Waals surface area contributed by atoms with Gasteiger partial charge >= 0.3 is 0 Å². The Morgan fingerprint density at radius 2 is 2.05 bits per heavy atom. The van der Waals surface area contributed by atoms with E-state index in [0.717, 1.165) is 12.8 Å². The highest BCUT2D eigenvalue weighted by molar-refractivity contribution is 7.89. The van der Waals surface area contributed by atoms with Crippen LogP contribution < -0.4 is 10.5 Å². The Bertz CT molecular complexity index is 516. The zero-order valence-electron chi connectivity index (χ0n) is 11.3. The second-order valence-corrected chi connectivity index (χ2v) is 6.93. The minimum absolute atomic E-state index is 0.207. The van der Waals surface area contributed by atoms with Crippen molar-refractivity contribution < 1.29 is 12.8 Å². The smallest absolute Gasteiger partial charge is 0.244 e. The largest absolute Gasteiger partial charge is 0.464 e. The third-order valence-electron chi connectivity index (χ3n) is 3.70. The number of nitrogens with one attached hydrogen (secondary N) is 1. The summed E-state index contributed by atoms with van der Waals surface area (Å²) in [6.07, 6.45) is 5.90. The summed E-state index contributed by atoms with van der Waals surface area (Å²) in [5.41, 5.74) is 5.46. The average Bonchev–Trinajstić information content (AvgIpc) is 2.80. The lowest BCUT2D eigenvalue weighted by Crippen LogP contribution is -2.30. The van der Waals surface area contributed by atoms with Crippen LogP contribution in [0.25, 0.3) is 0 Å². The molecule has 19 heavy (non-hydrogen) atoms. The van der Waals surface area contributed by atoms with Crippen LogP contribution >= 0.6 is 0 Å². The second kappa shape index (κ2) is 6.07. The van der Waals surface area contributed by atoms with E-state index in [1.54, 1.807) is 6.92 Å². The van der Waals surface area contributed by atoms with Crippen LogP contribution in [0.2, 0.25) is 0 Å². The summed E-state index contributed by atoms with van der Waals surface area (Å²) >= 11 is 0. The molecule has 1 fully saturated rings. The van der Waals surface area contributed by atoms with E-state index >= 15 is 0 Å². The first kappa shape index (κ1) is 14.6. The molecule has 0 atom stereocenters. The molecule has 1 aliphatic carbocycles. The Labute approximate surface area is 114 Å². The molecule has 0 unspecified atom stereocenters. The van der Waals surface area contributed by atoms with Crippen LogP contribution in [0.15, 0.2) is 15.4 Å². The van der Waals surface area contributed by atoms with Gasteiger partial charge in [-0.1, -0.05) is 19.3 Å². The van der Waals surface area contributed by atoms with E-state index < -0.39 is 10.0 Å². The summed E-state index contributed by atoms with van der Waals surface area (Å²) in [5.74, 6) is 1.36. The summed E-state index contributed by atoms with van der Waals surface area (Å²) in [7, 11) is -3.48. The summed E-state index contributed by atoms with van der Waals surface area (Å²) < 4.78 is 32.4. The van der Waals surface area contributed by atoms with Crippen LogP contribution in [0.5, 0.6) is 0 Å². The highest BCUT2D eigenvalue weighted by atomic mass is 32.2. The number of furan rings is 1. The van der Waals surface area contributed by atoms with Gasteiger partial charge in [0.2, 0.25) is 10.0 Å². The van der Waals surface area contributed by atoms with E-state index in [1.807, 2.05) is 0 Å². The van der Waals surface area contributed by atoms with Gasteiger partial charge in [-0.2, -0.15) is 0 Å². The van der Waals surface area contributed by atoms with Gasteiger partial charge in [-0.15, -0.1) is 0 Å². The lowest BCUT2D eigenvalue weighted by Gasteiger charge is -2.21. The van der Waals surface area contributed by atoms with Gasteiger partial charge in [0.25, 0.3) is 0 Å². The van der Waals surface area contributed by atoms with Gasteiger partial charge in [0, 0.05) is 12.6 Å². The van der Waals surface area contributed by atoms with E-state index in [9.17, 15) is 8.42 Å². The third-order valence-corrected chi connectivity index (χ3v) is 5.23. The van der Waals surface area contributed by atoms with Gasteiger partial charge in [0.05, 0.1) is 6.54 Å². The molecule has 0 amide bonds. The standard InChI is InChI=1S/C13H22N2O3S/c1-10-13(7-12(8-14)18-10)19(16,17)15-9-11-5-3-2-4-6-11/h7,11,15H,2-6,8-9,14H2,1H3. The SMILES string of the molecule is Cc1oc(CN)cc1S(=O)(=O)NCC1CCCCC1. The molecule has 0 radical (unpaired) electrons. The Kier molecular flexibility index (Phi) is 4.65. The third kappa shape index (κ3) is 3.58. The van der Waals surface area contributed by atoms with Crippen LogP contribution in [0, 0.1) is 12.8 Å². The van der Waals surface area contributed by atoms with Crippen LogP contribution in [-0.2, 0) is 16.6 Å². The molecule has 1 aliphatic rings. The molecule has 0 aliphatic heterocycles. The number of aryl methyl sites for hydroxylation is 1. The van der Waals surface area contributed by atoms with Crippen molar-refractivity contribution in [3.63, 3.8) is 0 Å². The summed E-state index contributed by atoms with van der Waals surface area (Å²) in [6, 6.07) is 1.51. The van der Waals surface area contributed by atoms with Crippen molar-refractivity contribution in [1.29, 1.82) is 0 Å². The van der Waals surface area contributed by atoms with Crippen molar-refractivity contribution in [3.8, 4) is 0 Å². The van der Waals surface area contributed by atoms with Crippen LogP contribution in [-0.4, -0.2) is 15.0 Å². The molecule has 3 N–H and O–H groups in total. The highest BCUT2D eigenvalue weighted by Crippen LogP contribution is 2.24. The van der Waals surface area contributed by atoms with Gasteiger partial charge in [-0.05, 0) is 25.7 Å². The number of sulfonamides is 1. The van der Waals surface area contributed by atoms with Crippen LogP contribution in [0.4, 0.5) is 0 Å². The monoisotopic (exact) mass is 286 g/mol. The van der Waals surface area contributed by atoms with E-state index in [1.165, 1.54) is 25.3 Å². The Hall–Kier alpha value is -0.850. The maximum absolute atomic E-state index is 12.2. The molecule has 0 aromatic carbocycles. The molecule has 1 aromatic rings. The predicted molar refractivity (Wildman–Crippen MR) is 73.1 cm³/mol. The molecular formula is C13H22N2O3S. The lowest BCUT2D eigenvalue weighted by molar-refractivity contribution is 0.357. The van der Waals surface area contributed by atoms with Crippen molar-refractivity contribution in [3.05, 3.63) is 17.6 Å². The summed E-state index contributed by atoms with van der Waals surface area (Å²) in [4.78, 5) is 0.212. The number of hydrogen-bond donors (Lipinski definition) is 2. The number of nitrogens with two attached hydrogens (primary N) is 1. The van der Waals surface area contributed by atoms with E-state index in [2.05, 4.69) is 4.72 Å². The summed E-state index contributed by atoms with van der Waals surface area (Å²) in [6.45, 7) is 2.37. The van der Waals surface area contributed by atoms with Crippen molar-refractivity contribution in [2.45, 2.75) is 50.5 Å². The summed E-state index contributed by atoms with van der Waals surface area (Å²) in [5, 5.41) is 0. The normalized spacial score (nSPS) is 17.8. The Morgan fingerprint density at radius 3 is 2.63 bits per heavy atom. The Balaban J connectivity index is 2.02. The van der Waals surface area contributed by atoms with Crippen LogP contribution in [0.1, 0.15) is 43.6 Å². The topological polar surface area (TPSA) is 85.3 Å². The lowest BCUT2D eigenvalue weighted by atomic mass is 9.90. The van der Waals surface area contributed by atoms with Crippen molar-refractivity contribution in [1.82, 2.24) is 4.72 Å². The molecule has 1 heterocycles. The van der Waals surface area contributed by atoms with Gasteiger partial charge < -0.3 is 10.2 Å². The maximum Gasteiger partial charge on any atom is 0.244 e. The first-order chi connectivity index (χ1) is 9.03. The predicted octanol–water partition coefficient (Wildman–Crippen LogP) is 1.91. The van der Waals surface area contributed by atoms with Crippen molar-refractivity contribution in [2.75, 3.05) is 6.54 Å². The van der Waals surface area contributed by atoms with Gasteiger partial charge in [-0.3, -0.25) is 0 Å². The molecule has 1 saturated carbocycles. The molecular weight excluding hydrogens is 264 g/mol. The molecule has 5 nitrogen and oxygen atoms in total. The minimum Gasteiger partial charge on any atom is -0.464 e. The molecule has 1 aromatic heterocycles. The van der Waals surface area contributed by atoms with Crippen LogP contribution in [0.3, 0.4) is 0 Å². The van der Waals surface area contributed by atoms with E-state index in [4.69, 9.17) is 10.2 Å². The molecule has 0 bridgehead atoms. The van der Waals surface area contributed by atoms with Gasteiger partial charge in [-0.25, -0.2) is 13.1 Å². The molecule has 108 valence electrons. The van der Waals surface area contributed by atoms with Gasteiger partial charge in [0.15, 0.2) is 0 Å². The molecule has 0 saturated heterocycles. The van der Waals surface area contributed by atoms with Crippen molar-refractivity contribution in [2.24, 2.45) is 11.7 Å². The maximum atomic E-state index is 12.2. The first-order valence-electron chi connectivity index (χ1n) is 6.82. The fourth-order valence-electron chi connectivity index (χ4n) is 2.59. The van der Waals surface area contributed by atoms with E-state index in [-0.39, 0.29) is 11.4 Å². The first-order valence-corrected chi connectivity index (χ1v) is 8.30. The minimum atomic E-state index is -3.48. The quantitative estimate of drug-likeness (QED) is 0.865. The van der Waals surface area contributed by atoms with E-state index in [0.29, 0.717) is 24.0 Å². The number of hydrogen-bond acceptors (Lipinski definition) is 4. The Morgan fingerprint density at radius 1 is 1.37 bits per heavy atom. The number of rotatable bonds is 5. The highest BCUT2D eigenvalue weighted by Gasteiger charge is 2.23. The molecule has 2 rings (SSSR count). The van der Waals surface area contributed by atoms with Crippen molar-refractivity contribution >= 4 is 10.0 Å². The average molecular weight is 286 g/mol. The second-order valence-electron chi connectivity index (χ2n) is 5.19. The zero-order valence-corrected chi connectivity index (χ0v) is 12.1. The zero-order chi connectivity index (χ0) is 13.9. The molecule has 0 spiro atoms. The fraction of sp³-hybridized carbons (Fsp3) is 0.692. The van der Waals surface area contributed by atoms with Gasteiger partial charge in [0.1, 0.15) is 16.4 Å². The fourth-order valence-corrected chi connectivity index (χ4v) is 3.91.